The van der Waals surface area contributed by atoms with Gasteiger partial charge < -0.3 is 0 Å². The molecule has 9 aromatic rings. The first kappa shape index (κ1) is 45.5. The van der Waals surface area contributed by atoms with Gasteiger partial charge in [0.05, 0.1) is 9.75 Å². The fourth-order valence-corrected chi connectivity index (χ4v) is 18.8. The van der Waals surface area contributed by atoms with Crippen molar-refractivity contribution >= 4 is 121 Å². The molecule has 7 aromatic heterocycles. The Kier molecular flexibility index (Phi) is 14.6. The van der Waals surface area contributed by atoms with Crippen LogP contribution >= 0.6 is 91.1 Å². The van der Waals surface area contributed by atoms with Crippen LogP contribution < -0.4 is 0 Å². The molecule has 0 saturated carbocycles. The molecule has 0 amide bonds. The molecule has 8 heterocycles. The highest BCUT2D eigenvalue weighted by Gasteiger charge is 2.29. The van der Waals surface area contributed by atoms with Crippen molar-refractivity contribution in [3.63, 3.8) is 0 Å². The Morgan fingerprint density at radius 3 is 1.35 bits per heavy atom. The van der Waals surface area contributed by atoms with E-state index in [1.54, 1.807) is 22.3 Å². The van der Waals surface area contributed by atoms with E-state index >= 15 is 0 Å². The Morgan fingerprint density at radius 2 is 0.831 bits per heavy atom. The van der Waals surface area contributed by atoms with Gasteiger partial charge in [-0.1, -0.05) is 125 Å². The van der Waals surface area contributed by atoms with Crippen LogP contribution in [0.5, 0.6) is 0 Å². The van der Waals surface area contributed by atoms with Crippen molar-refractivity contribution in [2.75, 3.05) is 0 Å². The fraction of sp³-hybridized carbons (Fsp3) is 0.298. The Labute approximate surface area is 418 Å². The standard InChI is InChI=1S/C57H56S8/c1-5-9-19-36-35-37(20-10-6-2)53(64-52(36)44-27-17-33-58-44)46-29-31-48(60-46)56-50(40-23-13-15-25-42(40)62-56)51-41-24-14-16-26-43(41)63-57(51)49-32-30-47(61-49)55-39(22-12-8-4)38(21-11-7-3)54(65-55)45-28-18-34-59-45/h13-18,23-34H,5-12,19-22,35H2,1-4H3. The average molecular weight is 998 g/mol. The minimum absolute atomic E-state index is 1.12. The van der Waals surface area contributed by atoms with Crippen LogP contribution in [0.15, 0.2) is 119 Å². The Bertz CT molecular complexity index is 3090. The van der Waals surface area contributed by atoms with Gasteiger partial charge in [0.15, 0.2) is 0 Å². The highest BCUT2D eigenvalue weighted by molar-refractivity contribution is 8.17. The lowest BCUT2D eigenvalue weighted by Gasteiger charge is -2.25. The predicted molar refractivity (Wildman–Crippen MR) is 303 cm³/mol. The van der Waals surface area contributed by atoms with Crippen molar-refractivity contribution in [1.82, 2.24) is 0 Å². The maximum Gasteiger partial charge on any atom is 0.0534 e. The number of unbranched alkanes of at least 4 members (excludes halogenated alkanes) is 4. The monoisotopic (exact) mass is 996 g/mol. The first-order valence-corrected chi connectivity index (χ1v) is 30.3. The maximum absolute atomic E-state index is 2.46. The first-order valence-electron chi connectivity index (χ1n) is 23.7. The molecule has 1 aliphatic heterocycles. The zero-order chi connectivity index (χ0) is 44.3. The van der Waals surface area contributed by atoms with Crippen molar-refractivity contribution < 1.29 is 0 Å². The van der Waals surface area contributed by atoms with Gasteiger partial charge in [0.2, 0.25) is 0 Å². The summed E-state index contributed by atoms with van der Waals surface area (Å²) >= 11 is 15.9. The van der Waals surface area contributed by atoms with Crippen molar-refractivity contribution in [1.29, 1.82) is 0 Å². The number of thioether (sulfide) groups is 1. The minimum atomic E-state index is 1.12. The van der Waals surface area contributed by atoms with Crippen LogP contribution in [0.1, 0.15) is 119 Å². The smallest absolute Gasteiger partial charge is 0.0534 e. The molecule has 0 nitrogen and oxygen atoms in total. The lowest BCUT2D eigenvalue weighted by Crippen LogP contribution is -2.01. The van der Waals surface area contributed by atoms with Gasteiger partial charge >= 0.3 is 0 Å². The lowest BCUT2D eigenvalue weighted by atomic mass is 9.95. The number of hydrogen-bond acceptors (Lipinski definition) is 8. The molecule has 2 aromatic carbocycles. The number of hydrogen-bond donors (Lipinski definition) is 0. The molecule has 332 valence electrons. The number of benzene rings is 2. The van der Waals surface area contributed by atoms with Crippen LogP contribution in [0.3, 0.4) is 0 Å². The summed E-state index contributed by atoms with van der Waals surface area (Å²) < 4.78 is 2.72. The summed E-state index contributed by atoms with van der Waals surface area (Å²) in [6, 6.07) is 37.3. The Morgan fingerprint density at radius 1 is 0.385 bits per heavy atom. The number of fused-ring (bicyclic) bond motifs is 2. The number of rotatable bonds is 19. The van der Waals surface area contributed by atoms with Crippen LogP contribution in [-0.4, -0.2) is 0 Å². The van der Waals surface area contributed by atoms with E-state index in [9.17, 15) is 0 Å². The molecule has 0 saturated heterocycles. The summed E-state index contributed by atoms with van der Waals surface area (Å²) in [7, 11) is 0. The first-order chi connectivity index (χ1) is 32.1. The molecule has 0 radical (unpaired) electrons. The van der Waals surface area contributed by atoms with Crippen LogP contribution in [0.2, 0.25) is 0 Å². The number of allylic oxidation sites excluding steroid dienone is 2. The van der Waals surface area contributed by atoms with E-state index in [2.05, 4.69) is 159 Å². The summed E-state index contributed by atoms with van der Waals surface area (Å²) in [6.45, 7) is 9.34. The van der Waals surface area contributed by atoms with Crippen LogP contribution in [-0.2, 0) is 12.8 Å². The van der Waals surface area contributed by atoms with Gasteiger partial charge in [-0.3, -0.25) is 0 Å². The van der Waals surface area contributed by atoms with E-state index in [0.29, 0.717) is 0 Å². The highest BCUT2D eigenvalue weighted by Crippen LogP contribution is 2.58. The molecule has 0 spiro atoms. The molecule has 1 aliphatic rings. The van der Waals surface area contributed by atoms with E-state index in [0.717, 1.165) is 12.8 Å². The summed E-state index contributed by atoms with van der Waals surface area (Å²) in [5.41, 5.74) is 9.33. The molecule has 0 atom stereocenters. The minimum Gasteiger partial charge on any atom is -0.143 e. The highest BCUT2D eigenvalue weighted by atomic mass is 32.2. The normalized spacial score (nSPS) is 13.4. The van der Waals surface area contributed by atoms with Gasteiger partial charge in [0.25, 0.3) is 0 Å². The van der Waals surface area contributed by atoms with E-state index < -0.39 is 0 Å². The maximum atomic E-state index is 2.46. The van der Waals surface area contributed by atoms with Crippen LogP contribution in [0, 0.1) is 0 Å². The van der Waals surface area contributed by atoms with E-state index in [1.165, 1.54) is 161 Å². The van der Waals surface area contributed by atoms with E-state index in [-0.39, 0.29) is 0 Å². The van der Waals surface area contributed by atoms with Crippen LogP contribution in [0.4, 0.5) is 0 Å². The molecule has 0 bridgehead atoms. The summed E-state index contributed by atoms with van der Waals surface area (Å²) in [5.74, 6) is 0. The van der Waals surface area contributed by atoms with Crippen molar-refractivity contribution in [3.8, 4) is 50.1 Å². The molecule has 0 unspecified atom stereocenters. The predicted octanol–water partition coefficient (Wildman–Crippen LogP) is 22.1. The summed E-state index contributed by atoms with van der Waals surface area (Å²) in [4.78, 5) is 17.3. The van der Waals surface area contributed by atoms with Gasteiger partial charge in [-0.15, -0.1) is 79.4 Å². The average Bonchev–Trinajstić information content (AvgIpc) is 4.19. The van der Waals surface area contributed by atoms with Crippen molar-refractivity contribution in [2.24, 2.45) is 0 Å². The molecule has 8 heteroatoms. The zero-order valence-electron chi connectivity index (χ0n) is 37.9. The van der Waals surface area contributed by atoms with Gasteiger partial charge in [0, 0.05) is 80.1 Å². The van der Waals surface area contributed by atoms with Gasteiger partial charge in [0.1, 0.15) is 0 Å². The van der Waals surface area contributed by atoms with E-state index in [1.807, 2.05) is 68.0 Å². The third kappa shape index (κ3) is 9.21. The van der Waals surface area contributed by atoms with Crippen molar-refractivity contribution in [3.05, 3.63) is 140 Å². The molecule has 0 aliphatic carbocycles. The second kappa shape index (κ2) is 20.9. The summed E-state index contributed by atoms with van der Waals surface area (Å²) in [5, 5.41) is 7.23. The van der Waals surface area contributed by atoms with Gasteiger partial charge in [-0.05, 0) is 128 Å². The second-order valence-electron chi connectivity index (χ2n) is 17.2. The zero-order valence-corrected chi connectivity index (χ0v) is 44.4. The Hall–Kier alpha value is -3.31. The van der Waals surface area contributed by atoms with Gasteiger partial charge in [-0.25, -0.2) is 0 Å². The second-order valence-corrected chi connectivity index (χ2v) is 25.4. The molecule has 10 rings (SSSR count). The third-order valence-corrected chi connectivity index (χ3v) is 22.6. The molecule has 0 N–H and O–H groups in total. The van der Waals surface area contributed by atoms with Crippen LogP contribution in [0.25, 0.3) is 80.1 Å². The largest absolute Gasteiger partial charge is 0.143 e. The SMILES string of the molecule is CCCCC1=C(c2cccs2)SC(c2ccc(-c3sc4ccccc4c3-c3c(-c4ccc(-c5sc(-c6cccs6)c(CCCC)c5CCCC)s4)sc4ccccc34)s2)=C(CCCC)C1. The quantitative estimate of drug-likeness (QED) is 0.0778. The molecular formula is C57H56S8. The molecular weight excluding hydrogens is 941 g/mol. The summed E-state index contributed by atoms with van der Waals surface area (Å²) in [6.07, 6.45) is 15.7. The Balaban J connectivity index is 1.10. The number of thiophene rings is 7. The molecule has 65 heavy (non-hydrogen) atoms. The fourth-order valence-electron chi connectivity index (χ4n) is 9.34. The van der Waals surface area contributed by atoms with E-state index in [4.69, 9.17) is 0 Å². The topological polar surface area (TPSA) is 0 Å². The van der Waals surface area contributed by atoms with Gasteiger partial charge in [-0.2, -0.15) is 0 Å². The molecule has 0 fully saturated rings. The van der Waals surface area contributed by atoms with Crippen molar-refractivity contribution in [2.45, 2.75) is 111 Å². The third-order valence-electron chi connectivity index (χ3n) is 12.7. The lowest BCUT2D eigenvalue weighted by molar-refractivity contribution is 0.741.